The van der Waals surface area contributed by atoms with Crippen molar-refractivity contribution in [2.75, 3.05) is 20.6 Å². The molecule has 0 fully saturated rings. The number of carboxylic acid groups (broad SMARTS) is 1. The van der Waals surface area contributed by atoms with E-state index in [9.17, 15) is 4.79 Å². The third-order valence-corrected chi connectivity index (χ3v) is 6.29. The second-order valence-electron chi connectivity index (χ2n) is 9.39. The lowest BCUT2D eigenvalue weighted by molar-refractivity contribution is -0.937. The molecule has 0 spiro atoms. The average molecular weight is 371 g/mol. The van der Waals surface area contributed by atoms with Crippen molar-refractivity contribution in [3.05, 3.63) is 0 Å². The van der Waals surface area contributed by atoms with Gasteiger partial charge in [-0.3, -0.25) is 4.79 Å². The van der Waals surface area contributed by atoms with Gasteiger partial charge in [0, 0.05) is 0 Å². The molecule has 3 nitrogen and oxygen atoms in total. The lowest BCUT2D eigenvalue weighted by atomic mass is 9.95. The maximum Gasteiger partial charge on any atom is 0.309 e. The number of nitrogens with zero attached hydrogens (tertiary/aromatic N) is 1. The number of hydrogen-bond donors (Lipinski definition) is 1. The van der Waals surface area contributed by atoms with Crippen LogP contribution in [0.1, 0.15) is 117 Å². The van der Waals surface area contributed by atoms with Crippen LogP contribution in [0.3, 0.4) is 0 Å². The van der Waals surface area contributed by atoms with Gasteiger partial charge in [-0.15, -0.1) is 0 Å². The van der Waals surface area contributed by atoms with Crippen LogP contribution >= 0.6 is 0 Å². The maximum absolute atomic E-state index is 11.1. The molecule has 0 saturated heterocycles. The second-order valence-corrected chi connectivity index (χ2v) is 9.39. The van der Waals surface area contributed by atoms with Crippen LogP contribution in [0.15, 0.2) is 0 Å². The van der Waals surface area contributed by atoms with Gasteiger partial charge in [-0.05, 0) is 26.7 Å². The fraction of sp³-hybridized carbons (Fsp3) is 0.957. The second kappa shape index (κ2) is 14.5. The van der Waals surface area contributed by atoms with Crippen LogP contribution in [0.25, 0.3) is 0 Å². The molecule has 26 heavy (non-hydrogen) atoms. The zero-order chi connectivity index (χ0) is 19.9. The standard InChI is InChI=1S/C23H47NO2/c1-6-7-8-9-10-11-12-13-14-15-16-17-18-19-20-24(4,5)23(2,3)21-22(25)26/h6-21H2,1-5H3/p+1. The first-order valence-corrected chi connectivity index (χ1v) is 11.3. The summed E-state index contributed by atoms with van der Waals surface area (Å²) in [6, 6.07) is 0. The van der Waals surface area contributed by atoms with Crippen LogP contribution in [0.2, 0.25) is 0 Å². The number of hydrogen-bond acceptors (Lipinski definition) is 1. The molecule has 0 aliphatic rings. The molecule has 0 aliphatic carbocycles. The number of unbranched alkanes of at least 4 members (excludes halogenated alkanes) is 13. The highest BCUT2D eigenvalue weighted by Crippen LogP contribution is 2.25. The van der Waals surface area contributed by atoms with E-state index in [0.29, 0.717) is 0 Å². The average Bonchev–Trinajstić information content (AvgIpc) is 2.53. The monoisotopic (exact) mass is 370 g/mol. The molecular formula is C23H48NO2+. The fourth-order valence-corrected chi connectivity index (χ4v) is 3.59. The molecule has 0 aromatic rings. The Balaban J connectivity index is 3.51. The summed E-state index contributed by atoms with van der Waals surface area (Å²) in [5, 5.41) is 9.10. The molecule has 0 bridgehead atoms. The van der Waals surface area contributed by atoms with Gasteiger partial charge in [0.2, 0.25) is 0 Å². The van der Waals surface area contributed by atoms with Crippen LogP contribution in [0.5, 0.6) is 0 Å². The number of aliphatic carboxylic acids is 1. The Kier molecular flexibility index (Phi) is 14.2. The van der Waals surface area contributed by atoms with Crippen LogP contribution < -0.4 is 0 Å². The van der Waals surface area contributed by atoms with Crippen LogP contribution in [-0.4, -0.2) is 41.7 Å². The van der Waals surface area contributed by atoms with E-state index in [1.54, 1.807) is 0 Å². The summed E-state index contributed by atoms with van der Waals surface area (Å²) < 4.78 is 0.789. The van der Waals surface area contributed by atoms with E-state index in [0.717, 1.165) is 11.0 Å². The lowest BCUT2D eigenvalue weighted by Crippen LogP contribution is -2.57. The first-order valence-electron chi connectivity index (χ1n) is 11.3. The summed E-state index contributed by atoms with van der Waals surface area (Å²) in [5.41, 5.74) is -0.206. The van der Waals surface area contributed by atoms with E-state index < -0.39 is 5.97 Å². The minimum atomic E-state index is -0.692. The highest BCUT2D eigenvalue weighted by atomic mass is 16.4. The van der Waals surface area contributed by atoms with Crippen LogP contribution in [0, 0.1) is 0 Å². The molecule has 156 valence electrons. The van der Waals surface area contributed by atoms with Crippen molar-refractivity contribution in [1.29, 1.82) is 0 Å². The van der Waals surface area contributed by atoms with Crippen molar-refractivity contribution >= 4 is 5.97 Å². The quantitative estimate of drug-likeness (QED) is 0.213. The molecule has 0 saturated carbocycles. The number of rotatable bonds is 18. The Morgan fingerprint density at radius 3 is 1.42 bits per heavy atom. The summed E-state index contributed by atoms with van der Waals surface area (Å²) in [4.78, 5) is 11.1. The minimum Gasteiger partial charge on any atom is -0.481 e. The van der Waals surface area contributed by atoms with Crippen molar-refractivity contribution in [3.63, 3.8) is 0 Å². The Bertz CT molecular complexity index is 350. The van der Waals surface area contributed by atoms with Gasteiger partial charge in [-0.2, -0.15) is 0 Å². The summed E-state index contributed by atoms with van der Waals surface area (Å²) in [6.07, 6.45) is 19.5. The minimum absolute atomic E-state index is 0.206. The van der Waals surface area contributed by atoms with E-state index >= 15 is 0 Å². The zero-order valence-corrected chi connectivity index (χ0v) is 18.6. The van der Waals surface area contributed by atoms with E-state index in [-0.39, 0.29) is 12.0 Å². The summed E-state index contributed by atoms with van der Waals surface area (Å²) in [5.74, 6) is -0.692. The molecule has 0 unspecified atom stereocenters. The molecule has 0 rings (SSSR count). The van der Waals surface area contributed by atoms with Gasteiger partial charge in [0.1, 0.15) is 5.54 Å². The molecule has 0 aromatic carbocycles. The van der Waals surface area contributed by atoms with Gasteiger partial charge in [0.25, 0.3) is 0 Å². The van der Waals surface area contributed by atoms with Gasteiger partial charge in [-0.25, -0.2) is 0 Å². The van der Waals surface area contributed by atoms with Crippen molar-refractivity contribution in [1.82, 2.24) is 0 Å². The SMILES string of the molecule is CCCCCCCCCCCCCCCC[N+](C)(C)C(C)(C)CC(=O)O. The van der Waals surface area contributed by atoms with Gasteiger partial charge in [0.15, 0.2) is 0 Å². The smallest absolute Gasteiger partial charge is 0.309 e. The van der Waals surface area contributed by atoms with Gasteiger partial charge < -0.3 is 9.59 Å². The number of quaternary nitrogens is 1. The lowest BCUT2D eigenvalue weighted by Gasteiger charge is -2.44. The van der Waals surface area contributed by atoms with Crippen LogP contribution in [-0.2, 0) is 4.79 Å². The molecule has 0 radical (unpaired) electrons. The predicted molar refractivity (Wildman–Crippen MR) is 114 cm³/mol. The highest BCUT2D eigenvalue weighted by Gasteiger charge is 2.37. The van der Waals surface area contributed by atoms with Crippen molar-refractivity contribution in [3.8, 4) is 0 Å². The Labute approximate surface area is 164 Å². The van der Waals surface area contributed by atoms with Crippen molar-refractivity contribution < 1.29 is 14.4 Å². The molecule has 0 amide bonds. The molecule has 0 aromatic heterocycles. The highest BCUT2D eigenvalue weighted by molar-refractivity contribution is 5.67. The largest absolute Gasteiger partial charge is 0.481 e. The normalized spacial score (nSPS) is 12.5. The van der Waals surface area contributed by atoms with Gasteiger partial charge >= 0.3 is 5.97 Å². The fourth-order valence-electron chi connectivity index (χ4n) is 3.59. The Morgan fingerprint density at radius 2 is 1.08 bits per heavy atom. The summed E-state index contributed by atoms with van der Waals surface area (Å²) in [7, 11) is 4.34. The molecule has 3 heteroatoms. The van der Waals surface area contributed by atoms with E-state index in [2.05, 4.69) is 34.9 Å². The molecule has 1 N–H and O–H groups in total. The van der Waals surface area contributed by atoms with E-state index in [4.69, 9.17) is 5.11 Å². The van der Waals surface area contributed by atoms with Gasteiger partial charge in [-0.1, -0.05) is 84.0 Å². The third kappa shape index (κ3) is 12.7. The number of carbonyl (C=O) groups is 1. The van der Waals surface area contributed by atoms with Crippen molar-refractivity contribution in [2.24, 2.45) is 0 Å². The number of carboxylic acids is 1. The first kappa shape index (κ1) is 25.4. The zero-order valence-electron chi connectivity index (χ0n) is 18.6. The molecule has 0 aliphatic heterocycles. The summed E-state index contributed by atoms with van der Waals surface area (Å²) >= 11 is 0. The summed E-state index contributed by atoms with van der Waals surface area (Å²) in [6.45, 7) is 7.49. The predicted octanol–water partition coefficient (Wildman–Crippen LogP) is 6.80. The molecule has 0 heterocycles. The molecular weight excluding hydrogens is 322 g/mol. The van der Waals surface area contributed by atoms with Crippen LogP contribution in [0.4, 0.5) is 0 Å². The van der Waals surface area contributed by atoms with Gasteiger partial charge in [0.05, 0.1) is 27.1 Å². The Hall–Kier alpha value is -0.570. The third-order valence-electron chi connectivity index (χ3n) is 6.29. The van der Waals surface area contributed by atoms with E-state index in [1.165, 1.54) is 89.9 Å². The molecule has 0 atom stereocenters. The Morgan fingerprint density at radius 1 is 0.731 bits per heavy atom. The topological polar surface area (TPSA) is 37.3 Å². The first-order chi connectivity index (χ1) is 12.2. The maximum atomic E-state index is 11.1. The van der Waals surface area contributed by atoms with Crippen molar-refractivity contribution in [2.45, 2.75) is 123 Å². The van der Waals surface area contributed by atoms with E-state index in [1.807, 2.05) is 0 Å².